The van der Waals surface area contributed by atoms with Gasteiger partial charge in [-0.25, -0.2) is 0 Å². The van der Waals surface area contributed by atoms with Crippen molar-refractivity contribution in [3.8, 4) is 0 Å². The average molecular weight is 455 g/mol. The second-order valence-corrected chi connectivity index (χ2v) is 14.3. The SMILES string of the molecule is CC(CC(=O)[C@@H]1OC1(C)C)[C@@H]1CC[C@]2(C)C3=CC[C@H]4C(C)(C)C(=O)CC[C@]4(C)[C@H]3CC[C@@]12C. The lowest BCUT2D eigenvalue weighted by atomic mass is 9.41. The van der Waals surface area contributed by atoms with E-state index in [0.29, 0.717) is 41.7 Å². The van der Waals surface area contributed by atoms with E-state index in [-0.39, 0.29) is 33.4 Å². The van der Waals surface area contributed by atoms with Crippen LogP contribution in [0.1, 0.15) is 107 Å². The quantitative estimate of drug-likeness (QED) is 0.342. The minimum Gasteiger partial charge on any atom is -0.358 e. The fourth-order valence-corrected chi connectivity index (χ4v) is 9.76. The summed E-state index contributed by atoms with van der Waals surface area (Å²) in [6.45, 7) is 18.4. The molecule has 0 N–H and O–H groups in total. The summed E-state index contributed by atoms with van der Waals surface area (Å²) in [5.41, 5.74) is 1.96. The number of carbonyl (C=O) groups is 2. The van der Waals surface area contributed by atoms with Crippen LogP contribution in [0.5, 0.6) is 0 Å². The van der Waals surface area contributed by atoms with Gasteiger partial charge in [0.2, 0.25) is 0 Å². The molecule has 4 fully saturated rings. The van der Waals surface area contributed by atoms with Gasteiger partial charge in [-0.05, 0) is 92.3 Å². The molecule has 1 heterocycles. The van der Waals surface area contributed by atoms with Gasteiger partial charge in [0.05, 0.1) is 5.60 Å². The van der Waals surface area contributed by atoms with Crippen molar-refractivity contribution in [2.24, 2.45) is 45.3 Å². The summed E-state index contributed by atoms with van der Waals surface area (Å²) in [7, 11) is 0. The van der Waals surface area contributed by atoms with Crippen LogP contribution >= 0.6 is 0 Å². The molecular formula is C30H46O3. The van der Waals surface area contributed by atoms with Crippen molar-refractivity contribution in [2.45, 2.75) is 118 Å². The lowest BCUT2D eigenvalue weighted by molar-refractivity contribution is -0.146. The Morgan fingerprint density at radius 1 is 1.06 bits per heavy atom. The number of epoxide rings is 1. The van der Waals surface area contributed by atoms with Gasteiger partial charge in [-0.3, -0.25) is 9.59 Å². The van der Waals surface area contributed by atoms with Gasteiger partial charge in [0.25, 0.3) is 0 Å². The van der Waals surface area contributed by atoms with Gasteiger partial charge in [-0.1, -0.05) is 53.2 Å². The highest BCUT2D eigenvalue weighted by atomic mass is 16.6. The molecule has 184 valence electrons. The molecule has 5 aliphatic rings. The zero-order chi connectivity index (χ0) is 24.2. The number of hydrogen-bond acceptors (Lipinski definition) is 3. The Labute approximate surface area is 201 Å². The van der Waals surface area contributed by atoms with E-state index in [1.165, 1.54) is 25.7 Å². The third-order valence-electron chi connectivity index (χ3n) is 12.1. The second-order valence-electron chi connectivity index (χ2n) is 14.3. The predicted molar refractivity (Wildman–Crippen MR) is 132 cm³/mol. The van der Waals surface area contributed by atoms with Gasteiger partial charge < -0.3 is 4.74 Å². The summed E-state index contributed by atoms with van der Waals surface area (Å²) in [6, 6.07) is 0. The average Bonchev–Trinajstić information content (AvgIpc) is 3.26. The number of allylic oxidation sites excluding steroid dienone is 2. The van der Waals surface area contributed by atoms with Gasteiger partial charge in [0.15, 0.2) is 5.78 Å². The van der Waals surface area contributed by atoms with Gasteiger partial charge in [0, 0.05) is 18.3 Å². The molecule has 1 saturated heterocycles. The monoisotopic (exact) mass is 454 g/mol. The molecule has 4 aliphatic carbocycles. The number of rotatable bonds is 4. The maximum Gasteiger partial charge on any atom is 0.164 e. The number of hydrogen-bond donors (Lipinski definition) is 0. The lowest BCUT2D eigenvalue weighted by Crippen LogP contribution is -2.57. The molecule has 5 rings (SSSR count). The van der Waals surface area contributed by atoms with Gasteiger partial charge in [0.1, 0.15) is 11.9 Å². The van der Waals surface area contributed by atoms with E-state index in [1.54, 1.807) is 5.57 Å². The van der Waals surface area contributed by atoms with Crippen LogP contribution in [-0.4, -0.2) is 23.3 Å². The van der Waals surface area contributed by atoms with Gasteiger partial charge in [-0.15, -0.1) is 0 Å². The maximum atomic E-state index is 12.9. The molecule has 0 aromatic carbocycles. The Kier molecular flexibility index (Phi) is 5.08. The standard InChI is InChI=1S/C30H46O3/c1-18(17-22(31)25-27(4,5)33-25)19-11-15-30(8)21-9-10-23-26(2,3)24(32)13-14-28(23,6)20(21)12-16-29(19,30)7/h9,18-20,23,25H,10-17H2,1-8H3/t18?,19-,20-,23-,25-,28+,29-,30+/m0/s1. The molecule has 1 unspecified atom stereocenters. The molecule has 1 aliphatic heterocycles. The first kappa shape index (κ1) is 23.8. The smallest absolute Gasteiger partial charge is 0.164 e. The van der Waals surface area contributed by atoms with Crippen molar-refractivity contribution in [3.63, 3.8) is 0 Å². The molecule has 3 heteroatoms. The molecule has 0 bridgehead atoms. The Bertz CT molecular complexity index is 912. The summed E-state index contributed by atoms with van der Waals surface area (Å²) in [5.74, 6) is 2.84. The number of fused-ring (bicyclic) bond motifs is 5. The lowest BCUT2D eigenvalue weighted by Gasteiger charge is -2.63. The van der Waals surface area contributed by atoms with E-state index in [1.807, 2.05) is 13.8 Å². The molecule has 0 radical (unpaired) electrons. The van der Waals surface area contributed by atoms with E-state index in [9.17, 15) is 9.59 Å². The molecular weight excluding hydrogens is 408 g/mol. The van der Waals surface area contributed by atoms with Crippen LogP contribution in [0.4, 0.5) is 0 Å². The van der Waals surface area contributed by atoms with Crippen molar-refractivity contribution < 1.29 is 14.3 Å². The Morgan fingerprint density at radius 2 is 1.73 bits per heavy atom. The summed E-state index contributed by atoms with van der Waals surface area (Å²) < 4.78 is 5.66. The first-order chi connectivity index (χ1) is 15.2. The largest absolute Gasteiger partial charge is 0.358 e. The van der Waals surface area contributed by atoms with Gasteiger partial charge >= 0.3 is 0 Å². The first-order valence-corrected chi connectivity index (χ1v) is 13.6. The molecule has 8 atom stereocenters. The van der Waals surface area contributed by atoms with Crippen molar-refractivity contribution >= 4 is 11.6 Å². The van der Waals surface area contributed by atoms with E-state index >= 15 is 0 Å². The fourth-order valence-electron chi connectivity index (χ4n) is 9.76. The van der Waals surface area contributed by atoms with Crippen LogP contribution in [0.15, 0.2) is 11.6 Å². The molecule has 3 saturated carbocycles. The third kappa shape index (κ3) is 3.09. The fraction of sp³-hybridized carbons (Fsp3) is 0.867. The van der Waals surface area contributed by atoms with Crippen molar-refractivity contribution in [1.82, 2.24) is 0 Å². The molecule has 0 aromatic rings. The molecule has 0 aromatic heterocycles. The Morgan fingerprint density at radius 3 is 2.36 bits per heavy atom. The molecule has 33 heavy (non-hydrogen) atoms. The van der Waals surface area contributed by atoms with Crippen molar-refractivity contribution in [3.05, 3.63) is 11.6 Å². The highest BCUT2D eigenvalue weighted by Crippen LogP contribution is 2.73. The highest BCUT2D eigenvalue weighted by Gasteiger charge is 2.65. The Balaban J connectivity index is 1.41. The number of Topliss-reactive ketones (excluding diaryl/α,β-unsaturated/α-hetero) is 2. The van der Waals surface area contributed by atoms with E-state index < -0.39 is 0 Å². The topological polar surface area (TPSA) is 46.7 Å². The molecule has 0 amide bonds. The minimum absolute atomic E-state index is 0.188. The van der Waals surface area contributed by atoms with E-state index in [0.717, 1.165) is 19.3 Å². The van der Waals surface area contributed by atoms with Crippen LogP contribution < -0.4 is 0 Å². The molecule has 3 nitrogen and oxygen atoms in total. The Hall–Kier alpha value is -0.960. The third-order valence-corrected chi connectivity index (χ3v) is 12.1. The van der Waals surface area contributed by atoms with Crippen molar-refractivity contribution in [1.29, 1.82) is 0 Å². The summed E-state index contributed by atoms with van der Waals surface area (Å²) in [5, 5.41) is 0. The summed E-state index contributed by atoms with van der Waals surface area (Å²) in [4.78, 5) is 25.7. The number of carbonyl (C=O) groups excluding carboxylic acids is 2. The number of ether oxygens (including phenoxy) is 1. The van der Waals surface area contributed by atoms with E-state index in [4.69, 9.17) is 4.74 Å². The second kappa shape index (κ2) is 7.05. The van der Waals surface area contributed by atoms with Crippen LogP contribution in [0.2, 0.25) is 0 Å². The molecule has 0 spiro atoms. The summed E-state index contributed by atoms with van der Waals surface area (Å²) in [6.07, 6.45) is 10.9. The summed E-state index contributed by atoms with van der Waals surface area (Å²) >= 11 is 0. The van der Waals surface area contributed by atoms with E-state index in [2.05, 4.69) is 47.6 Å². The zero-order valence-corrected chi connectivity index (χ0v) is 22.3. The number of ketones is 2. The van der Waals surface area contributed by atoms with Crippen LogP contribution in [0.25, 0.3) is 0 Å². The first-order valence-electron chi connectivity index (χ1n) is 13.6. The van der Waals surface area contributed by atoms with Gasteiger partial charge in [-0.2, -0.15) is 0 Å². The van der Waals surface area contributed by atoms with Crippen LogP contribution in [0.3, 0.4) is 0 Å². The zero-order valence-electron chi connectivity index (χ0n) is 22.3. The minimum atomic E-state index is -0.253. The van der Waals surface area contributed by atoms with Crippen molar-refractivity contribution in [2.75, 3.05) is 0 Å². The normalized spacial score (nSPS) is 48.2. The predicted octanol–water partition coefficient (Wildman–Crippen LogP) is 6.93. The van der Waals surface area contributed by atoms with Crippen LogP contribution in [0, 0.1) is 45.3 Å². The van der Waals surface area contributed by atoms with Crippen LogP contribution in [-0.2, 0) is 14.3 Å². The highest BCUT2D eigenvalue weighted by molar-refractivity contribution is 5.87. The maximum absolute atomic E-state index is 12.9.